The van der Waals surface area contributed by atoms with Gasteiger partial charge in [-0.05, 0) is 31.2 Å². The van der Waals surface area contributed by atoms with E-state index in [1.54, 1.807) is 31.2 Å². The van der Waals surface area contributed by atoms with Crippen LogP contribution in [0.25, 0.3) is 0 Å². The van der Waals surface area contributed by atoms with Crippen LogP contribution in [0.5, 0.6) is 0 Å². The number of hydrogen-bond acceptors (Lipinski definition) is 4. The Morgan fingerprint density at radius 1 is 1.22 bits per heavy atom. The fourth-order valence-corrected chi connectivity index (χ4v) is 4.24. The molecule has 0 aliphatic heterocycles. The van der Waals surface area contributed by atoms with Crippen molar-refractivity contribution in [1.82, 2.24) is 4.98 Å². The van der Waals surface area contributed by atoms with Gasteiger partial charge < -0.3 is 0 Å². The third-order valence-electron chi connectivity index (χ3n) is 2.07. The lowest BCUT2D eigenvalue weighted by atomic mass is 10.3. The molecule has 0 aliphatic carbocycles. The van der Waals surface area contributed by atoms with Crippen molar-refractivity contribution >= 4 is 50.2 Å². The van der Waals surface area contributed by atoms with Gasteiger partial charge in [0.1, 0.15) is 0 Å². The predicted octanol–water partition coefficient (Wildman–Crippen LogP) is 3.56. The SMILES string of the molecule is Cc1nc(Cl)sc1S(=O)(=O)Nc1ccc(Cl)cc1. The van der Waals surface area contributed by atoms with Crippen molar-refractivity contribution in [3.63, 3.8) is 0 Å². The largest absolute Gasteiger partial charge is 0.279 e. The van der Waals surface area contributed by atoms with E-state index in [9.17, 15) is 8.42 Å². The van der Waals surface area contributed by atoms with Crippen LogP contribution < -0.4 is 4.72 Å². The Kier molecular flexibility index (Phi) is 3.82. The molecule has 0 amide bonds. The number of anilines is 1. The van der Waals surface area contributed by atoms with Gasteiger partial charge in [0.25, 0.3) is 10.0 Å². The molecule has 1 heterocycles. The zero-order valence-electron chi connectivity index (χ0n) is 9.15. The van der Waals surface area contributed by atoms with E-state index in [0.717, 1.165) is 11.3 Å². The summed E-state index contributed by atoms with van der Waals surface area (Å²) in [7, 11) is -3.66. The highest BCUT2D eigenvalue weighted by atomic mass is 35.5. The van der Waals surface area contributed by atoms with Crippen LogP contribution in [0.4, 0.5) is 5.69 Å². The van der Waals surface area contributed by atoms with Crippen molar-refractivity contribution < 1.29 is 8.42 Å². The number of aryl methyl sites for hydroxylation is 1. The lowest BCUT2D eigenvalue weighted by Crippen LogP contribution is -2.12. The van der Waals surface area contributed by atoms with Crippen molar-refractivity contribution in [3.8, 4) is 0 Å². The van der Waals surface area contributed by atoms with Crippen LogP contribution in [0.15, 0.2) is 28.5 Å². The summed E-state index contributed by atoms with van der Waals surface area (Å²) in [6.45, 7) is 1.60. The summed E-state index contributed by atoms with van der Waals surface area (Å²) in [5.74, 6) is 0. The Bertz CT molecular complexity index is 666. The smallest absolute Gasteiger partial charge is 0.273 e. The maximum Gasteiger partial charge on any atom is 0.273 e. The van der Waals surface area contributed by atoms with Gasteiger partial charge in [-0.1, -0.05) is 34.5 Å². The fourth-order valence-electron chi connectivity index (χ4n) is 1.32. The Labute approximate surface area is 119 Å². The van der Waals surface area contributed by atoms with E-state index in [1.165, 1.54) is 0 Å². The van der Waals surface area contributed by atoms with Crippen LogP contribution in [0, 0.1) is 6.92 Å². The number of halogens is 2. The average Bonchev–Trinajstić information content (AvgIpc) is 2.62. The summed E-state index contributed by atoms with van der Waals surface area (Å²) in [4.78, 5) is 3.88. The molecule has 18 heavy (non-hydrogen) atoms. The quantitative estimate of drug-likeness (QED) is 0.939. The van der Waals surface area contributed by atoms with Crippen LogP contribution in [0.2, 0.25) is 9.49 Å². The van der Waals surface area contributed by atoms with E-state index >= 15 is 0 Å². The van der Waals surface area contributed by atoms with Crippen LogP contribution in [-0.4, -0.2) is 13.4 Å². The first-order chi connectivity index (χ1) is 8.38. The Balaban J connectivity index is 2.33. The van der Waals surface area contributed by atoms with Crippen LogP contribution in [-0.2, 0) is 10.0 Å². The van der Waals surface area contributed by atoms with Gasteiger partial charge in [0.2, 0.25) is 0 Å². The Morgan fingerprint density at radius 2 is 1.83 bits per heavy atom. The Hall–Kier alpha value is -0.820. The molecule has 4 nitrogen and oxygen atoms in total. The van der Waals surface area contributed by atoms with Gasteiger partial charge in [0.05, 0.1) is 5.69 Å². The van der Waals surface area contributed by atoms with Gasteiger partial charge in [-0.2, -0.15) is 0 Å². The molecule has 0 saturated carbocycles. The van der Waals surface area contributed by atoms with Gasteiger partial charge in [0, 0.05) is 10.7 Å². The summed E-state index contributed by atoms with van der Waals surface area (Å²) >= 11 is 12.3. The monoisotopic (exact) mass is 322 g/mol. The average molecular weight is 323 g/mol. The van der Waals surface area contributed by atoms with Crippen molar-refractivity contribution in [1.29, 1.82) is 0 Å². The molecule has 8 heteroatoms. The summed E-state index contributed by atoms with van der Waals surface area (Å²) < 4.78 is 26.9. The summed E-state index contributed by atoms with van der Waals surface area (Å²) in [5.41, 5.74) is 0.815. The number of thiazole rings is 1. The minimum absolute atomic E-state index is 0.113. The van der Waals surface area contributed by atoms with E-state index < -0.39 is 10.0 Å². The first-order valence-electron chi connectivity index (χ1n) is 4.80. The predicted molar refractivity (Wildman–Crippen MR) is 74.1 cm³/mol. The highest BCUT2D eigenvalue weighted by molar-refractivity contribution is 7.94. The van der Waals surface area contributed by atoms with E-state index in [4.69, 9.17) is 23.2 Å². The standard InChI is InChI=1S/C10H8Cl2N2O2S2/c1-6-9(17-10(12)13-6)18(15,16)14-8-4-2-7(11)3-5-8/h2-5,14H,1H3. The third kappa shape index (κ3) is 2.95. The highest BCUT2D eigenvalue weighted by Crippen LogP contribution is 2.28. The van der Waals surface area contributed by atoms with E-state index in [1.807, 2.05) is 0 Å². The van der Waals surface area contributed by atoms with Crippen LogP contribution in [0.1, 0.15) is 5.69 Å². The molecule has 0 fully saturated rings. The molecular formula is C10H8Cl2N2O2S2. The first-order valence-corrected chi connectivity index (χ1v) is 7.85. The zero-order valence-corrected chi connectivity index (χ0v) is 12.3. The molecule has 96 valence electrons. The van der Waals surface area contributed by atoms with Crippen LogP contribution in [0.3, 0.4) is 0 Å². The van der Waals surface area contributed by atoms with Gasteiger partial charge in [0.15, 0.2) is 8.68 Å². The fraction of sp³-hybridized carbons (Fsp3) is 0.100. The molecule has 0 bridgehead atoms. The number of nitrogens with one attached hydrogen (secondary N) is 1. The lowest BCUT2D eigenvalue weighted by molar-refractivity contribution is 0.602. The van der Waals surface area contributed by atoms with E-state index in [-0.39, 0.29) is 8.68 Å². The lowest BCUT2D eigenvalue weighted by Gasteiger charge is -2.06. The Morgan fingerprint density at radius 3 is 2.33 bits per heavy atom. The van der Waals surface area contributed by atoms with Crippen molar-refractivity contribution in [3.05, 3.63) is 39.4 Å². The molecule has 0 unspecified atom stereocenters. The molecule has 2 aromatic rings. The zero-order chi connectivity index (χ0) is 13.3. The minimum atomic E-state index is -3.66. The second kappa shape index (κ2) is 5.05. The summed E-state index contributed by atoms with van der Waals surface area (Å²) in [6, 6.07) is 6.37. The third-order valence-corrected chi connectivity index (χ3v) is 5.57. The van der Waals surface area contributed by atoms with Gasteiger partial charge in [-0.25, -0.2) is 13.4 Å². The molecule has 0 spiro atoms. The second-order valence-corrected chi connectivity index (χ2v) is 7.35. The molecule has 0 aliphatic rings. The maximum atomic E-state index is 12.1. The minimum Gasteiger partial charge on any atom is -0.279 e. The molecule has 2 rings (SSSR count). The molecular weight excluding hydrogens is 315 g/mol. The topological polar surface area (TPSA) is 59.1 Å². The van der Waals surface area contributed by atoms with Crippen LogP contribution >= 0.6 is 34.5 Å². The molecule has 0 saturated heterocycles. The van der Waals surface area contributed by atoms with Crippen molar-refractivity contribution in [2.45, 2.75) is 11.1 Å². The summed E-state index contributed by atoms with van der Waals surface area (Å²) in [5, 5.41) is 0.537. The van der Waals surface area contributed by atoms with Crippen molar-refractivity contribution in [2.75, 3.05) is 4.72 Å². The molecule has 1 aromatic heterocycles. The number of benzene rings is 1. The number of sulfonamides is 1. The van der Waals surface area contributed by atoms with E-state index in [0.29, 0.717) is 16.4 Å². The van der Waals surface area contributed by atoms with E-state index in [2.05, 4.69) is 9.71 Å². The summed E-state index contributed by atoms with van der Waals surface area (Å²) in [6.07, 6.45) is 0. The molecule has 0 radical (unpaired) electrons. The number of aromatic nitrogens is 1. The molecule has 1 aromatic carbocycles. The highest BCUT2D eigenvalue weighted by Gasteiger charge is 2.21. The van der Waals surface area contributed by atoms with Gasteiger partial charge in [-0.15, -0.1) is 0 Å². The number of hydrogen-bond donors (Lipinski definition) is 1. The maximum absolute atomic E-state index is 12.1. The number of rotatable bonds is 3. The van der Waals surface area contributed by atoms with Crippen molar-refractivity contribution in [2.24, 2.45) is 0 Å². The normalized spacial score (nSPS) is 11.5. The second-order valence-electron chi connectivity index (χ2n) is 3.45. The first kappa shape index (κ1) is 13.6. The number of nitrogens with zero attached hydrogens (tertiary/aromatic N) is 1. The molecule has 1 N–H and O–H groups in total. The van der Waals surface area contributed by atoms with Gasteiger partial charge >= 0.3 is 0 Å². The molecule has 0 atom stereocenters. The van der Waals surface area contributed by atoms with Gasteiger partial charge in [-0.3, -0.25) is 4.72 Å².